The Morgan fingerprint density at radius 3 is 2.29 bits per heavy atom. The number of benzene rings is 1. The third-order valence-corrected chi connectivity index (χ3v) is 4.73. The van der Waals surface area contributed by atoms with E-state index < -0.39 is 5.54 Å². The number of hydrogen-bond donors (Lipinski definition) is 0. The first-order valence-electron chi connectivity index (χ1n) is 7.96. The maximum absolute atomic E-state index is 13.0. The van der Waals surface area contributed by atoms with Gasteiger partial charge in [-0.2, -0.15) is 0 Å². The molecular formula is C18H27NO2. The second-order valence-electron chi connectivity index (χ2n) is 6.33. The minimum absolute atomic E-state index is 0.224. The van der Waals surface area contributed by atoms with Gasteiger partial charge in [0.1, 0.15) is 0 Å². The molecule has 1 fully saturated rings. The minimum Gasteiger partial charge on any atom is -0.379 e. The molecule has 116 valence electrons. The van der Waals surface area contributed by atoms with Gasteiger partial charge in [0, 0.05) is 18.7 Å². The first kappa shape index (κ1) is 16.2. The molecule has 0 N–H and O–H groups in total. The molecule has 1 aliphatic rings. The molecular weight excluding hydrogens is 262 g/mol. The van der Waals surface area contributed by atoms with E-state index in [1.54, 1.807) is 0 Å². The van der Waals surface area contributed by atoms with E-state index in [0.717, 1.165) is 38.3 Å². The summed E-state index contributed by atoms with van der Waals surface area (Å²) in [6, 6.07) is 8.11. The Balaban J connectivity index is 2.22. The summed E-state index contributed by atoms with van der Waals surface area (Å²) in [5.41, 5.74) is 1.66. The van der Waals surface area contributed by atoms with Crippen LogP contribution in [-0.4, -0.2) is 42.5 Å². The molecule has 3 heteroatoms. The maximum atomic E-state index is 13.0. The molecule has 0 aromatic heterocycles. The highest BCUT2D eigenvalue weighted by Crippen LogP contribution is 2.26. The zero-order chi connectivity index (χ0) is 15.5. The van der Waals surface area contributed by atoms with Crippen molar-refractivity contribution in [1.29, 1.82) is 0 Å². The van der Waals surface area contributed by atoms with Gasteiger partial charge in [0.15, 0.2) is 5.78 Å². The highest BCUT2D eigenvalue weighted by Gasteiger charge is 2.38. The van der Waals surface area contributed by atoms with Gasteiger partial charge >= 0.3 is 0 Å². The average Bonchev–Trinajstić information content (AvgIpc) is 2.54. The lowest BCUT2D eigenvalue weighted by atomic mass is 9.86. The van der Waals surface area contributed by atoms with Crippen molar-refractivity contribution in [3.63, 3.8) is 0 Å². The van der Waals surface area contributed by atoms with Crippen LogP contribution in [-0.2, 0) is 4.74 Å². The second-order valence-corrected chi connectivity index (χ2v) is 6.33. The second kappa shape index (κ2) is 6.71. The molecule has 3 nitrogen and oxygen atoms in total. The van der Waals surface area contributed by atoms with Crippen LogP contribution in [0.25, 0.3) is 0 Å². The van der Waals surface area contributed by atoms with E-state index in [9.17, 15) is 4.79 Å². The van der Waals surface area contributed by atoms with E-state index in [1.165, 1.54) is 5.56 Å². The number of ether oxygens (including phenoxy) is 1. The molecule has 1 aliphatic heterocycles. The lowest BCUT2D eigenvalue weighted by molar-refractivity contribution is -0.0106. The lowest BCUT2D eigenvalue weighted by Crippen LogP contribution is -2.56. The minimum atomic E-state index is -0.427. The number of morpholine rings is 1. The molecule has 1 aromatic rings. The molecule has 2 rings (SSSR count). The predicted molar refractivity (Wildman–Crippen MR) is 85.9 cm³/mol. The van der Waals surface area contributed by atoms with Crippen LogP contribution >= 0.6 is 0 Å². The average molecular weight is 289 g/mol. The normalized spacial score (nSPS) is 19.5. The predicted octanol–water partition coefficient (Wildman–Crippen LogP) is 3.49. The van der Waals surface area contributed by atoms with Gasteiger partial charge in [0.05, 0.1) is 18.8 Å². The number of hydrogen-bond acceptors (Lipinski definition) is 3. The van der Waals surface area contributed by atoms with Crippen molar-refractivity contribution in [1.82, 2.24) is 4.90 Å². The molecule has 1 saturated heterocycles. The SMILES string of the molecule is CCC(C)(C(=O)c1ccc(C(C)C)cc1)N1CCOCC1. The van der Waals surface area contributed by atoms with Gasteiger partial charge in [-0.15, -0.1) is 0 Å². The number of nitrogens with zero attached hydrogens (tertiary/aromatic N) is 1. The van der Waals surface area contributed by atoms with Gasteiger partial charge in [0.2, 0.25) is 0 Å². The third kappa shape index (κ3) is 3.35. The Labute approximate surface area is 128 Å². The number of ketones is 1. The quantitative estimate of drug-likeness (QED) is 0.777. The summed E-state index contributed by atoms with van der Waals surface area (Å²) in [6.07, 6.45) is 0.817. The van der Waals surface area contributed by atoms with E-state index in [1.807, 2.05) is 12.1 Å². The Kier molecular flexibility index (Phi) is 5.17. The van der Waals surface area contributed by atoms with E-state index in [-0.39, 0.29) is 5.78 Å². The van der Waals surface area contributed by atoms with E-state index in [4.69, 9.17) is 4.74 Å². The van der Waals surface area contributed by atoms with Gasteiger partial charge in [-0.3, -0.25) is 9.69 Å². The molecule has 0 saturated carbocycles. The van der Waals surface area contributed by atoms with Gasteiger partial charge < -0.3 is 4.74 Å². The van der Waals surface area contributed by atoms with Crippen molar-refractivity contribution in [2.75, 3.05) is 26.3 Å². The van der Waals surface area contributed by atoms with Crippen molar-refractivity contribution in [2.45, 2.75) is 45.6 Å². The fourth-order valence-corrected chi connectivity index (χ4v) is 2.91. The Bertz CT molecular complexity index is 474. The van der Waals surface area contributed by atoms with Crippen LogP contribution in [0.3, 0.4) is 0 Å². The molecule has 1 aromatic carbocycles. The molecule has 1 atom stereocenters. The number of carbonyl (C=O) groups is 1. The maximum Gasteiger partial charge on any atom is 0.182 e. The van der Waals surface area contributed by atoms with Crippen LogP contribution in [0.1, 0.15) is 56.0 Å². The van der Waals surface area contributed by atoms with Crippen molar-refractivity contribution < 1.29 is 9.53 Å². The van der Waals surface area contributed by atoms with Crippen LogP contribution < -0.4 is 0 Å². The van der Waals surface area contributed by atoms with Crippen LogP contribution in [0.5, 0.6) is 0 Å². The topological polar surface area (TPSA) is 29.5 Å². The van der Waals surface area contributed by atoms with E-state index in [2.05, 4.69) is 44.7 Å². The molecule has 0 bridgehead atoms. The summed E-state index contributed by atoms with van der Waals surface area (Å²) < 4.78 is 5.41. The molecule has 0 spiro atoms. The Hall–Kier alpha value is -1.19. The first-order chi connectivity index (χ1) is 9.99. The number of rotatable bonds is 5. The molecule has 1 unspecified atom stereocenters. The van der Waals surface area contributed by atoms with Crippen LogP contribution in [0, 0.1) is 0 Å². The summed E-state index contributed by atoms with van der Waals surface area (Å²) >= 11 is 0. The Morgan fingerprint density at radius 1 is 1.24 bits per heavy atom. The van der Waals surface area contributed by atoms with Crippen LogP contribution in [0.15, 0.2) is 24.3 Å². The highest BCUT2D eigenvalue weighted by molar-refractivity contribution is 6.03. The van der Waals surface area contributed by atoms with Crippen molar-refractivity contribution >= 4 is 5.78 Å². The first-order valence-corrected chi connectivity index (χ1v) is 7.96. The summed E-state index contributed by atoms with van der Waals surface area (Å²) in [7, 11) is 0. The number of Topliss-reactive ketones (excluding diaryl/α,β-unsaturated/α-hetero) is 1. The lowest BCUT2D eigenvalue weighted by Gasteiger charge is -2.41. The van der Waals surface area contributed by atoms with Gasteiger partial charge in [0.25, 0.3) is 0 Å². The zero-order valence-electron chi connectivity index (χ0n) is 13.7. The van der Waals surface area contributed by atoms with E-state index in [0.29, 0.717) is 5.92 Å². The standard InChI is InChI=1S/C18H27NO2/c1-5-18(4,19-10-12-21-13-11-19)17(20)16-8-6-15(7-9-16)14(2)3/h6-9,14H,5,10-13H2,1-4H3. The van der Waals surface area contributed by atoms with Gasteiger partial charge in [-0.25, -0.2) is 0 Å². The van der Waals surface area contributed by atoms with Crippen molar-refractivity contribution in [3.05, 3.63) is 35.4 Å². The molecule has 0 radical (unpaired) electrons. The molecule has 21 heavy (non-hydrogen) atoms. The van der Waals surface area contributed by atoms with E-state index >= 15 is 0 Å². The molecule has 0 amide bonds. The summed E-state index contributed by atoms with van der Waals surface area (Å²) in [5.74, 6) is 0.716. The monoisotopic (exact) mass is 289 g/mol. The van der Waals surface area contributed by atoms with Crippen molar-refractivity contribution in [3.8, 4) is 0 Å². The summed E-state index contributed by atoms with van der Waals surface area (Å²) in [5, 5.41) is 0. The van der Waals surface area contributed by atoms with Crippen LogP contribution in [0.2, 0.25) is 0 Å². The fraction of sp³-hybridized carbons (Fsp3) is 0.611. The zero-order valence-corrected chi connectivity index (χ0v) is 13.7. The Morgan fingerprint density at radius 2 is 1.81 bits per heavy atom. The highest BCUT2D eigenvalue weighted by atomic mass is 16.5. The number of carbonyl (C=O) groups excluding carboxylic acids is 1. The summed E-state index contributed by atoms with van der Waals surface area (Å²) in [6.45, 7) is 11.6. The smallest absolute Gasteiger partial charge is 0.182 e. The fourth-order valence-electron chi connectivity index (χ4n) is 2.91. The van der Waals surface area contributed by atoms with Gasteiger partial charge in [-0.1, -0.05) is 45.0 Å². The van der Waals surface area contributed by atoms with Crippen LogP contribution in [0.4, 0.5) is 0 Å². The third-order valence-electron chi connectivity index (χ3n) is 4.73. The molecule has 0 aliphatic carbocycles. The van der Waals surface area contributed by atoms with Crippen molar-refractivity contribution in [2.24, 2.45) is 0 Å². The molecule has 1 heterocycles. The van der Waals surface area contributed by atoms with Gasteiger partial charge in [-0.05, 0) is 24.8 Å². The summed E-state index contributed by atoms with van der Waals surface area (Å²) in [4.78, 5) is 15.3. The largest absolute Gasteiger partial charge is 0.379 e.